The summed E-state index contributed by atoms with van der Waals surface area (Å²) in [6.45, 7) is 6.49. The van der Waals surface area contributed by atoms with E-state index in [-0.39, 0.29) is 12.1 Å². The number of nitrogens with zero attached hydrogens (tertiary/aromatic N) is 1. The van der Waals surface area contributed by atoms with Crippen LogP contribution in [0.25, 0.3) is 0 Å². The third kappa shape index (κ3) is 4.07. The van der Waals surface area contributed by atoms with Gasteiger partial charge in [0.15, 0.2) is 0 Å². The Morgan fingerprint density at radius 1 is 1.38 bits per heavy atom. The second-order valence-corrected chi connectivity index (χ2v) is 4.72. The topological polar surface area (TPSA) is 41.6 Å². The van der Waals surface area contributed by atoms with Crippen molar-refractivity contribution in [2.75, 3.05) is 11.9 Å². The van der Waals surface area contributed by atoms with Gasteiger partial charge in [0, 0.05) is 12.1 Å². The second-order valence-electron chi connectivity index (χ2n) is 4.72. The predicted molar refractivity (Wildman–Crippen MR) is 84.8 cm³/mol. The Bertz CT molecular complexity index is 549. The fourth-order valence-corrected chi connectivity index (χ4v) is 2.11. The molecule has 1 N–H and O–H groups in total. The molecule has 1 aromatic carbocycles. The molecule has 0 aliphatic carbocycles. The molecule has 2 rings (SSSR count). The van der Waals surface area contributed by atoms with Crippen LogP contribution in [0, 0.1) is 0 Å². The normalized spacial score (nSPS) is 18.5. The van der Waals surface area contributed by atoms with Crippen molar-refractivity contribution in [3.8, 4) is 0 Å². The third-order valence-electron chi connectivity index (χ3n) is 3.17. The molecular formula is C17H20N2O2. The zero-order valence-electron chi connectivity index (χ0n) is 12.2. The number of hydrogen-bond donors (Lipinski definition) is 1. The van der Waals surface area contributed by atoms with E-state index in [9.17, 15) is 4.79 Å². The van der Waals surface area contributed by atoms with Gasteiger partial charge in [-0.05, 0) is 24.6 Å². The minimum Gasteiger partial charge on any atom is -0.306 e. The SMILES string of the molecule is C=C(/C=C\C=C/C)[C@@H]1CCON1C(=O)Nc1ccccc1. The van der Waals surface area contributed by atoms with Crippen molar-refractivity contribution in [2.45, 2.75) is 19.4 Å². The second kappa shape index (κ2) is 7.45. The van der Waals surface area contributed by atoms with E-state index in [0.29, 0.717) is 6.61 Å². The number of anilines is 1. The summed E-state index contributed by atoms with van der Waals surface area (Å²) in [5.41, 5.74) is 1.60. The molecule has 1 aliphatic heterocycles. The number of hydroxylamine groups is 2. The molecule has 0 aromatic heterocycles. The lowest BCUT2D eigenvalue weighted by molar-refractivity contribution is -0.0752. The fourth-order valence-electron chi connectivity index (χ4n) is 2.11. The number of para-hydroxylation sites is 1. The highest BCUT2D eigenvalue weighted by Gasteiger charge is 2.31. The van der Waals surface area contributed by atoms with Gasteiger partial charge < -0.3 is 5.32 Å². The van der Waals surface area contributed by atoms with Gasteiger partial charge in [-0.15, -0.1) is 0 Å². The van der Waals surface area contributed by atoms with Crippen LogP contribution in [-0.4, -0.2) is 23.7 Å². The number of carbonyl (C=O) groups excluding carboxylic acids is 1. The van der Waals surface area contributed by atoms with E-state index >= 15 is 0 Å². The monoisotopic (exact) mass is 284 g/mol. The molecule has 110 valence electrons. The van der Waals surface area contributed by atoms with E-state index in [1.54, 1.807) is 0 Å². The molecule has 1 atom stereocenters. The smallest absolute Gasteiger partial charge is 0.306 e. The molecule has 1 aromatic rings. The first-order valence-electron chi connectivity index (χ1n) is 6.98. The number of benzene rings is 1. The lowest BCUT2D eigenvalue weighted by atomic mass is 10.1. The molecule has 0 bridgehead atoms. The highest BCUT2D eigenvalue weighted by molar-refractivity contribution is 5.89. The van der Waals surface area contributed by atoms with Crippen LogP contribution in [0.3, 0.4) is 0 Å². The molecule has 0 saturated carbocycles. The van der Waals surface area contributed by atoms with Crippen molar-refractivity contribution in [3.63, 3.8) is 0 Å². The summed E-state index contributed by atoms with van der Waals surface area (Å²) < 4.78 is 0. The average Bonchev–Trinajstić information content (AvgIpc) is 2.98. The molecule has 1 saturated heterocycles. The summed E-state index contributed by atoms with van der Waals surface area (Å²) in [4.78, 5) is 17.7. The summed E-state index contributed by atoms with van der Waals surface area (Å²) >= 11 is 0. The van der Waals surface area contributed by atoms with Crippen molar-refractivity contribution < 1.29 is 9.63 Å². The standard InChI is InChI=1S/C17H20N2O2/c1-3-4-6-9-14(2)16-12-13-21-19(16)17(20)18-15-10-7-5-8-11-15/h3-11,16H,2,12-13H2,1H3,(H,18,20)/b4-3-,9-6-/t16-/m0/s1. The van der Waals surface area contributed by atoms with Gasteiger partial charge in [-0.3, -0.25) is 4.84 Å². The van der Waals surface area contributed by atoms with Crippen LogP contribution in [-0.2, 0) is 4.84 Å². The Hall–Kier alpha value is -2.33. The number of nitrogens with one attached hydrogen (secondary N) is 1. The molecule has 0 unspecified atom stereocenters. The van der Waals surface area contributed by atoms with Crippen LogP contribution in [0.15, 0.2) is 66.8 Å². The number of urea groups is 1. The number of hydrogen-bond acceptors (Lipinski definition) is 2. The quantitative estimate of drug-likeness (QED) is 0.852. The summed E-state index contributed by atoms with van der Waals surface area (Å²) in [7, 11) is 0. The first-order valence-corrected chi connectivity index (χ1v) is 6.98. The molecule has 2 amide bonds. The number of allylic oxidation sites excluding steroid dienone is 3. The summed E-state index contributed by atoms with van der Waals surface area (Å²) in [6, 6.07) is 8.92. The van der Waals surface area contributed by atoms with Crippen LogP contribution in [0.5, 0.6) is 0 Å². The van der Waals surface area contributed by atoms with Crippen molar-refractivity contribution in [1.82, 2.24) is 5.06 Å². The fraction of sp³-hybridized carbons (Fsp3) is 0.235. The molecule has 4 nitrogen and oxygen atoms in total. The third-order valence-corrected chi connectivity index (χ3v) is 3.17. The van der Waals surface area contributed by atoms with Crippen LogP contribution >= 0.6 is 0 Å². The highest BCUT2D eigenvalue weighted by Crippen LogP contribution is 2.22. The van der Waals surface area contributed by atoms with Crippen molar-refractivity contribution >= 4 is 11.7 Å². The van der Waals surface area contributed by atoms with Crippen LogP contribution in [0.4, 0.5) is 10.5 Å². The Balaban J connectivity index is 2.01. The van der Waals surface area contributed by atoms with E-state index in [1.807, 2.05) is 61.6 Å². The number of carbonyl (C=O) groups is 1. The zero-order valence-corrected chi connectivity index (χ0v) is 12.2. The minimum atomic E-state index is -0.274. The van der Waals surface area contributed by atoms with Gasteiger partial charge in [0.1, 0.15) is 0 Å². The average molecular weight is 284 g/mol. The summed E-state index contributed by atoms with van der Waals surface area (Å²) in [5, 5.41) is 4.19. The predicted octanol–water partition coefficient (Wildman–Crippen LogP) is 3.91. The van der Waals surface area contributed by atoms with Gasteiger partial charge in [-0.25, -0.2) is 4.79 Å². The van der Waals surface area contributed by atoms with Crippen LogP contribution < -0.4 is 5.32 Å². The lowest BCUT2D eigenvalue weighted by Crippen LogP contribution is -2.38. The van der Waals surface area contributed by atoms with Crippen LogP contribution in [0.1, 0.15) is 13.3 Å². The molecule has 0 radical (unpaired) electrons. The molecule has 0 spiro atoms. The Morgan fingerprint density at radius 2 is 2.14 bits per heavy atom. The Labute approximate surface area is 125 Å². The minimum absolute atomic E-state index is 0.129. The van der Waals surface area contributed by atoms with Crippen molar-refractivity contribution in [2.24, 2.45) is 0 Å². The zero-order chi connectivity index (χ0) is 15.1. The summed E-state index contributed by atoms with van der Waals surface area (Å²) in [5.74, 6) is 0. The van der Waals surface area contributed by atoms with Crippen LogP contribution in [0.2, 0.25) is 0 Å². The van der Waals surface area contributed by atoms with Gasteiger partial charge in [0.25, 0.3) is 0 Å². The maximum atomic E-state index is 12.3. The van der Waals surface area contributed by atoms with E-state index in [2.05, 4.69) is 11.9 Å². The van der Waals surface area contributed by atoms with Crippen molar-refractivity contribution in [1.29, 1.82) is 0 Å². The lowest BCUT2D eigenvalue weighted by Gasteiger charge is -2.23. The van der Waals surface area contributed by atoms with Gasteiger partial charge in [0.05, 0.1) is 12.6 Å². The van der Waals surface area contributed by atoms with E-state index in [0.717, 1.165) is 17.7 Å². The molecular weight excluding hydrogens is 264 g/mol. The largest absolute Gasteiger partial charge is 0.346 e. The van der Waals surface area contributed by atoms with Gasteiger partial charge in [0.2, 0.25) is 0 Å². The van der Waals surface area contributed by atoms with Gasteiger partial charge in [-0.2, -0.15) is 5.06 Å². The van der Waals surface area contributed by atoms with E-state index in [4.69, 9.17) is 4.84 Å². The van der Waals surface area contributed by atoms with Gasteiger partial charge in [-0.1, -0.05) is 49.1 Å². The molecule has 1 fully saturated rings. The molecule has 1 heterocycles. The Morgan fingerprint density at radius 3 is 2.86 bits per heavy atom. The van der Waals surface area contributed by atoms with E-state index < -0.39 is 0 Å². The highest BCUT2D eigenvalue weighted by atomic mass is 16.7. The molecule has 1 aliphatic rings. The number of amides is 2. The maximum Gasteiger partial charge on any atom is 0.346 e. The maximum absolute atomic E-state index is 12.3. The van der Waals surface area contributed by atoms with Gasteiger partial charge >= 0.3 is 6.03 Å². The first kappa shape index (κ1) is 15.1. The Kier molecular flexibility index (Phi) is 5.35. The van der Waals surface area contributed by atoms with Crippen molar-refractivity contribution in [3.05, 3.63) is 66.8 Å². The molecule has 4 heteroatoms. The summed E-state index contributed by atoms with van der Waals surface area (Å²) in [6.07, 6.45) is 8.43. The number of rotatable bonds is 4. The molecule has 21 heavy (non-hydrogen) atoms. The van der Waals surface area contributed by atoms with E-state index in [1.165, 1.54) is 5.06 Å². The first-order chi connectivity index (χ1) is 10.2.